The molecule has 164 valence electrons. The van der Waals surface area contributed by atoms with Gasteiger partial charge in [-0.25, -0.2) is 4.98 Å². The van der Waals surface area contributed by atoms with Crippen LogP contribution in [0.25, 0.3) is 22.2 Å². The number of rotatable bonds is 5. The van der Waals surface area contributed by atoms with Crippen LogP contribution < -0.4 is 0 Å². The van der Waals surface area contributed by atoms with Crippen molar-refractivity contribution in [1.29, 1.82) is 0 Å². The predicted octanol–water partition coefficient (Wildman–Crippen LogP) is 7.23. The maximum Gasteiger partial charge on any atom is 0.228 e. The third-order valence-electron chi connectivity index (χ3n) is 5.80. The van der Waals surface area contributed by atoms with Crippen molar-refractivity contribution in [3.63, 3.8) is 0 Å². The number of aryl methyl sites for hydroxylation is 1. The minimum absolute atomic E-state index is 0.543. The average Bonchev–Trinajstić information content (AvgIpc) is 3.38. The minimum atomic E-state index is -0.543. The number of aromatic nitrogens is 1. The first-order chi connectivity index (χ1) is 16.3. The summed E-state index contributed by atoms with van der Waals surface area (Å²) in [5.74, 6) is 7.39. The van der Waals surface area contributed by atoms with Crippen LogP contribution in [0.5, 0.6) is 0 Å². The Labute approximate surface area is 198 Å². The highest BCUT2D eigenvalue weighted by Gasteiger charge is 2.30. The minimum Gasteiger partial charge on any atom is -0.458 e. The molecule has 3 nitrogen and oxygen atoms in total. The van der Waals surface area contributed by atoms with Crippen LogP contribution in [0.2, 0.25) is 0 Å². The smallest absolute Gasteiger partial charge is 0.228 e. The van der Waals surface area contributed by atoms with Gasteiger partial charge in [-0.1, -0.05) is 67.6 Å². The Morgan fingerprint density at radius 3 is 2.67 bits per heavy atom. The standard InChI is InChI=1S/C29H25NO2S/c1-3-4-7-20-10-13-22(14-11-20)28-24(15-12-21-16-17-33-19-21)27-25(29(31-2)32-28)18-23-8-5-6-9-26(23)30-27/h5-6,8-11,13-14,16-19,29H,3-4,7H2,1-2H3. The summed E-state index contributed by atoms with van der Waals surface area (Å²) in [7, 11) is 1.66. The summed E-state index contributed by atoms with van der Waals surface area (Å²) in [5, 5.41) is 5.13. The van der Waals surface area contributed by atoms with Gasteiger partial charge in [0.2, 0.25) is 6.29 Å². The van der Waals surface area contributed by atoms with E-state index in [4.69, 9.17) is 14.5 Å². The largest absolute Gasteiger partial charge is 0.458 e. The van der Waals surface area contributed by atoms with Crippen LogP contribution in [-0.4, -0.2) is 12.1 Å². The molecule has 2 aromatic heterocycles. The van der Waals surface area contributed by atoms with Gasteiger partial charge in [0.1, 0.15) is 5.76 Å². The number of methoxy groups -OCH3 is 1. The summed E-state index contributed by atoms with van der Waals surface area (Å²) in [6.45, 7) is 2.21. The van der Waals surface area contributed by atoms with Crippen LogP contribution in [0, 0.1) is 11.8 Å². The molecule has 0 saturated heterocycles. The van der Waals surface area contributed by atoms with E-state index in [1.54, 1.807) is 18.4 Å². The third kappa shape index (κ3) is 4.43. The zero-order chi connectivity index (χ0) is 22.6. The summed E-state index contributed by atoms with van der Waals surface area (Å²) in [6, 6.07) is 20.8. The number of fused-ring (bicyclic) bond motifs is 2. The molecule has 2 aromatic carbocycles. The first kappa shape index (κ1) is 21.5. The number of hydrogen-bond acceptors (Lipinski definition) is 4. The number of thiophene rings is 1. The molecule has 0 N–H and O–H groups in total. The first-order valence-corrected chi connectivity index (χ1v) is 12.2. The highest BCUT2D eigenvalue weighted by molar-refractivity contribution is 7.08. The van der Waals surface area contributed by atoms with Gasteiger partial charge < -0.3 is 9.47 Å². The molecule has 0 radical (unpaired) electrons. The number of unbranched alkanes of at least 4 members (excludes halogenated alkanes) is 1. The van der Waals surface area contributed by atoms with Crippen molar-refractivity contribution in [1.82, 2.24) is 4.98 Å². The van der Waals surface area contributed by atoms with Crippen molar-refractivity contribution in [2.75, 3.05) is 7.11 Å². The normalized spacial score (nSPS) is 15.0. The van der Waals surface area contributed by atoms with Crippen molar-refractivity contribution in [3.8, 4) is 11.8 Å². The molecule has 0 saturated carbocycles. The van der Waals surface area contributed by atoms with Crippen LogP contribution in [0.1, 0.15) is 54.0 Å². The Bertz CT molecular complexity index is 1360. The topological polar surface area (TPSA) is 31.4 Å². The second-order valence-electron chi connectivity index (χ2n) is 8.07. The SMILES string of the molecule is CCCCc1ccc(C2=C(C#Cc3ccsc3)c3nc4ccccc4cc3C(OC)O2)cc1. The van der Waals surface area contributed by atoms with Gasteiger partial charge in [0.05, 0.1) is 16.8 Å². The molecule has 1 atom stereocenters. The molecule has 0 fully saturated rings. The summed E-state index contributed by atoms with van der Waals surface area (Å²) >= 11 is 1.64. The Balaban J connectivity index is 1.69. The lowest BCUT2D eigenvalue weighted by atomic mass is 9.96. The number of benzene rings is 2. The highest BCUT2D eigenvalue weighted by atomic mass is 32.1. The Kier molecular flexibility index (Phi) is 6.26. The lowest BCUT2D eigenvalue weighted by molar-refractivity contribution is -0.0770. The van der Waals surface area contributed by atoms with Crippen molar-refractivity contribution >= 4 is 33.6 Å². The summed E-state index contributed by atoms with van der Waals surface area (Å²) in [4.78, 5) is 5.01. The van der Waals surface area contributed by atoms with Gasteiger partial charge in [-0.2, -0.15) is 11.3 Å². The van der Waals surface area contributed by atoms with Crippen molar-refractivity contribution in [2.24, 2.45) is 0 Å². The second-order valence-corrected chi connectivity index (χ2v) is 8.85. The van der Waals surface area contributed by atoms with E-state index in [1.165, 1.54) is 18.4 Å². The fourth-order valence-electron chi connectivity index (χ4n) is 4.03. The third-order valence-corrected chi connectivity index (χ3v) is 6.48. The van der Waals surface area contributed by atoms with Crippen LogP contribution in [0.4, 0.5) is 0 Å². The molecular formula is C29H25NO2S. The zero-order valence-electron chi connectivity index (χ0n) is 18.8. The molecule has 0 spiro atoms. The number of allylic oxidation sites excluding steroid dienone is 1. The molecule has 4 heteroatoms. The first-order valence-electron chi connectivity index (χ1n) is 11.2. The monoisotopic (exact) mass is 451 g/mol. The molecule has 4 aromatic rings. The number of ether oxygens (including phenoxy) is 2. The van der Waals surface area contributed by atoms with Gasteiger partial charge in [0.25, 0.3) is 0 Å². The van der Waals surface area contributed by atoms with E-state index < -0.39 is 6.29 Å². The summed E-state index contributed by atoms with van der Waals surface area (Å²) in [6.07, 6.45) is 2.91. The fraction of sp³-hybridized carbons (Fsp3) is 0.207. The lowest BCUT2D eigenvalue weighted by Crippen LogP contribution is -2.16. The lowest BCUT2D eigenvalue weighted by Gasteiger charge is -2.28. The predicted molar refractivity (Wildman–Crippen MR) is 136 cm³/mol. The molecule has 0 aliphatic carbocycles. The molecule has 0 bridgehead atoms. The van der Waals surface area contributed by atoms with Crippen LogP contribution in [0.3, 0.4) is 0 Å². The van der Waals surface area contributed by atoms with E-state index in [-0.39, 0.29) is 0 Å². The molecule has 3 heterocycles. The molecule has 5 rings (SSSR count). The Morgan fingerprint density at radius 1 is 1.06 bits per heavy atom. The van der Waals surface area contributed by atoms with E-state index >= 15 is 0 Å². The summed E-state index contributed by atoms with van der Waals surface area (Å²) in [5.41, 5.74) is 6.73. The molecular weight excluding hydrogens is 426 g/mol. The number of nitrogens with zero attached hydrogens (tertiary/aromatic N) is 1. The maximum atomic E-state index is 6.42. The van der Waals surface area contributed by atoms with E-state index in [9.17, 15) is 0 Å². The highest BCUT2D eigenvalue weighted by Crippen LogP contribution is 2.41. The van der Waals surface area contributed by atoms with Crippen molar-refractivity contribution < 1.29 is 9.47 Å². The van der Waals surface area contributed by atoms with Gasteiger partial charge >= 0.3 is 0 Å². The van der Waals surface area contributed by atoms with Gasteiger partial charge in [-0.15, -0.1) is 0 Å². The maximum absolute atomic E-state index is 6.42. The second kappa shape index (κ2) is 9.62. The van der Waals surface area contributed by atoms with E-state index in [0.29, 0.717) is 5.76 Å². The molecule has 33 heavy (non-hydrogen) atoms. The van der Waals surface area contributed by atoms with Gasteiger partial charge in [0.15, 0.2) is 0 Å². The van der Waals surface area contributed by atoms with Crippen molar-refractivity contribution in [3.05, 3.63) is 99.4 Å². The van der Waals surface area contributed by atoms with Crippen molar-refractivity contribution in [2.45, 2.75) is 32.5 Å². The molecule has 1 aliphatic heterocycles. The van der Waals surface area contributed by atoms with E-state index in [1.807, 2.05) is 35.0 Å². The average molecular weight is 452 g/mol. The molecule has 0 amide bonds. The quantitative estimate of drug-likeness (QED) is 0.300. The Hall–Kier alpha value is -3.39. The van der Waals surface area contributed by atoms with Crippen LogP contribution in [-0.2, 0) is 15.9 Å². The van der Waals surface area contributed by atoms with E-state index in [0.717, 1.165) is 45.3 Å². The van der Waals surface area contributed by atoms with Gasteiger partial charge in [-0.05, 0) is 42.0 Å². The number of hydrogen-bond donors (Lipinski definition) is 0. The molecule has 1 aliphatic rings. The fourth-order valence-corrected chi connectivity index (χ4v) is 4.61. The summed E-state index contributed by atoms with van der Waals surface area (Å²) < 4.78 is 12.2. The molecule has 1 unspecified atom stereocenters. The number of pyridine rings is 1. The zero-order valence-corrected chi connectivity index (χ0v) is 19.6. The van der Waals surface area contributed by atoms with Gasteiger partial charge in [0, 0.05) is 34.6 Å². The van der Waals surface area contributed by atoms with Crippen LogP contribution >= 0.6 is 11.3 Å². The van der Waals surface area contributed by atoms with Gasteiger partial charge in [-0.3, -0.25) is 0 Å². The van der Waals surface area contributed by atoms with E-state index in [2.05, 4.69) is 55.2 Å². The van der Waals surface area contributed by atoms with Crippen LogP contribution in [0.15, 0.2) is 71.4 Å². The number of para-hydroxylation sites is 1. The Morgan fingerprint density at radius 2 is 1.91 bits per heavy atom.